The fraction of sp³-hybridized carbons (Fsp3) is 0.706. The first-order valence-corrected chi connectivity index (χ1v) is 15.8. The molecule has 0 saturated heterocycles. The van der Waals surface area contributed by atoms with Gasteiger partial charge in [-0.25, -0.2) is 9.97 Å². The molecule has 1 fully saturated rings. The van der Waals surface area contributed by atoms with Crippen LogP contribution in [0.5, 0.6) is 5.75 Å². The Hall–Kier alpha value is -1.90. The fourth-order valence-corrected chi connectivity index (χ4v) is 5.82. The van der Waals surface area contributed by atoms with Crippen molar-refractivity contribution < 1.29 is 4.74 Å². The maximum atomic E-state index is 5.95. The van der Waals surface area contributed by atoms with E-state index in [1.54, 1.807) is 0 Å². The highest BCUT2D eigenvalue weighted by molar-refractivity contribution is 5.56. The number of benzene rings is 1. The standard InChI is InChI=1S/C34H54N2O/c1-3-5-7-9-11-12-14-16-26-37-33-24-22-31(23-25-33)34-35-27-32(28-36-34)30-20-18-29(19-21-30)17-15-13-10-8-6-4-2/h22-25,27-30H,3-21,26H2,1-2H3/t29-,30-. The molecule has 37 heavy (non-hydrogen) atoms. The van der Waals surface area contributed by atoms with Crippen molar-refractivity contribution in [2.75, 3.05) is 6.61 Å². The summed E-state index contributed by atoms with van der Waals surface area (Å²) in [6, 6.07) is 8.29. The number of rotatable bonds is 19. The lowest BCUT2D eigenvalue weighted by molar-refractivity contribution is 0.301. The molecule has 0 unspecified atom stereocenters. The minimum atomic E-state index is 0.641. The Labute approximate surface area is 228 Å². The zero-order valence-corrected chi connectivity index (χ0v) is 24.1. The van der Waals surface area contributed by atoms with Crippen LogP contribution in [0.4, 0.5) is 0 Å². The maximum Gasteiger partial charge on any atom is 0.159 e. The Balaban J connectivity index is 1.31. The third-order valence-electron chi connectivity index (χ3n) is 8.34. The number of unbranched alkanes of at least 4 members (excludes halogenated alkanes) is 12. The molecule has 1 heterocycles. The molecule has 0 spiro atoms. The van der Waals surface area contributed by atoms with E-state index in [1.807, 2.05) is 0 Å². The third kappa shape index (κ3) is 11.6. The van der Waals surface area contributed by atoms with E-state index in [4.69, 9.17) is 14.7 Å². The van der Waals surface area contributed by atoms with E-state index in [2.05, 4.69) is 50.5 Å². The third-order valence-corrected chi connectivity index (χ3v) is 8.34. The molecule has 206 valence electrons. The molecule has 1 aliphatic carbocycles. The molecule has 1 saturated carbocycles. The summed E-state index contributed by atoms with van der Waals surface area (Å²) in [5.74, 6) is 3.34. The number of nitrogens with zero attached hydrogens (tertiary/aromatic N) is 2. The minimum Gasteiger partial charge on any atom is -0.494 e. The predicted octanol–water partition coefficient (Wildman–Crippen LogP) is 10.7. The molecule has 2 aromatic rings. The summed E-state index contributed by atoms with van der Waals surface area (Å²) in [6.45, 7) is 5.37. The van der Waals surface area contributed by atoms with Gasteiger partial charge in [0, 0.05) is 18.0 Å². The van der Waals surface area contributed by atoms with Crippen LogP contribution < -0.4 is 4.74 Å². The van der Waals surface area contributed by atoms with E-state index in [9.17, 15) is 0 Å². The van der Waals surface area contributed by atoms with E-state index in [0.29, 0.717) is 5.92 Å². The van der Waals surface area contributed by atoms with Crippen molar-refractivity contribution in [1.29, 1.82) is 0 Å². The summed E-state index contributed by atoms with van der Waals surface area (Å²) in [5, 5.41) is 0. The van der Waals surface area contributed by atoms with Crippen LogP contribution >= 0.6 is 0 Å². The zero-order chi connectivity index (χ0) is 26.0. The highest BCUT2D eigenvalue weighted by Crippen LogP contribution is 2.37. The SMILES string of the molecule is CCCCCCCCCCOc1ccc(-c2ncc([C@H]3CC[C@H](CCCCCCCC)CC3)cn2)cc1. The van der Waals surface area contributed by atoms with Crippen LogP contribution in [0.1, 0.15) is 147 Å². The van der Waals surface area contributed by atoms with Crippen LogP contribution in [0.3, 0.4) is 0 Å². The molecule has 0 radical (unpaired) electrons. The summed E-state index contributed by atoms with van der Waals surface area (Å²) < 4.78 is 5.95. The average Bonchev–Trinajstić information content (AvgIpc) is 2.95. The van der Waals surface area contributed by atoms with Crippen molar-refractivity contribution in [2.45, 2.75) is 142 Å². The molecule has 3 heteroatoms. The molecular weight excluding hydrogens is 452 g/mol. The summed E-state index contributed by atoms with van der Waals surface area (Å²) in [4.78, 5) is 9.46. The van der Waals surface area contributed by atoms with Crippen molar-refractivity contribution in [3.63, 3.8) is 0 Å². The van der Waals surface area contributed by atoms with E-state index in [0.717, 1.165) is 36.1 Å². The molecule has 1 aromatic carbocycles. The lowest BCUT2D eigenvalue weighted by atomic mass is 9.77. The van der Waals surface area contributed by atoms with Crippen molar-refractivity contribution >= 4 is 0 Å². The Morgan fingerprint density at radius 1 is 0.649 bits per heavy atom. The fourth-order valence-electron chi connectivity index (χ4n) is 5.82. The first kappa shape index (κ1) is 29.7. The van der Waals surface area contributed by atoms with E-state index in [1.165, 1.54) is 121 Å². The second-order valence-electron chi connectivity index (χ2n) is 11.5. The van der Waals surface area contributed by atoms with Crippen LogP contribution in [0.25, 0.3) is 11.4 Å². The molecule has 0 amide bonds. The Morgan fingerprint density at radius 2 is 1.19 bits per heavy atom. The van der Waals surface area contributed by atoms with Crippen molar-refractivity contribution in [2.24, 2.45) is 5.92 Å². The monoisotopic (exact) mass is 506 g/mol. The van der Waals surface area contributed by atoms with Crippen LogP contribution in [0.2, 0.25) is 0 Å². The maximum absolute atomic E-state index is 5.95. The Bertz CT molecular complexity index is 809. The smallest absolute Gasteiger partial charge is 0.159 e. The van der Waals surface area contributed by atoms with Crippen LogP contribution in [-0.4, -0.2) is 16.6 Å². The van der Waals surface area contributed by atoms with Crippen molar-refractivity contribution in [1.82, 2.24) is 9.97 Å². The van der Waals surface area contributed by atoms with E-state index >= 15 is 0 Å². The topological polar surface area (TPSA) is 35.0 Å². The Morgan fingerprint density at radius 3 is 1.78 bits per heavy atom. The summed E-state index contributed by atoms with van der Waals surface area (Å²) in [5.41, 5.74) is 2.39. The van der Waals surface area contributed by atoms with Gasteiger partial charge in [-0.2, -0.15) is 0 Å². The van der Waals surface area contributed by atoms with Gasteiger partial charge in [0.25, 0.3) is 0 Å². The first-order valence-electron chi connectivity index (χ1n) is 15.8. The molecule has 0 N–H and O–H groups in total. The zero-order valence-electron chi connectivity index (χ0n) is 24.1. The molecule has 1 aromatic heterocycles. The quantitative estimate of drug-likeness (QED) is 0.178. The van der Waals surface area contributed by atoms with E-state index in [-0.39, 0.29) is 0 Å². The number of hydrogen-bond acceptors (Lipinski definition) is 3. The lowest BCUT2D eigenvalue weighted by Crippen LogP contribution is -2.14. The average molecular weight is 507 g/mol. The molecule has 3 rings (SSSR count). The van der Waals surface area contributed by atoms with Crippen LogP contribution in [0.15, 0.2) is 36.7 Å². The predicted molar refractivity (Wildman–Crippen MR) is 158 cm³/mol. The van der Waals surface area contributed by atoms with Gasteiger partial charge in [0.15, 0.2) is 5.82 Å². The van der Waals surface area contributed by atoms with E-state index < -0.39 is 0 Å². The summed E-state index contributed by atoms with van der Waals surface area (Å²) in [6.07, 6.45) is 30.0. The lowest BCUT2D eigenvalue weighted by Gasteiger charge is -2.28. The first-order chi connectivity index (χ1) is 18.3. The van der Waals surface area contributed by atoms with Crippen molar-refractivity contribution in [3.05, 3.63) is 42.2 Å². The minimum absolute atomic E-state index is 0.641. The van der Waals surface area contributed by atoms with Crippen LogP contribution in [-0.2, 0) is 0 Å². The molecule has 3 nitrogen and oxygen atoms in total. The highest BCUT2D eigenvalue weighted by Gasteiger charge is 2.22. The molecule has 0 aliphatic heterocycles. The second-order valence-corrected chi connectivity index (χ2v) is 11.5. The van der Waals surface area contributed by atoms with Gasteiger partial charge >= 0.3 is 0 Å². The van der Waals surface area contributed by atoms with Gasteiger partial charge in [-0.3, -0.25) is 0 Å². The number of aromatic nitrogens is 2. The van der Waals surface area contributed by atoms with Gasteiger partial charge in [0.05, 0.1) is 6.61 Å². The van der Waals surface area contributed by atoms with Gasteiger partial charge < -0.3 is 4.74 Å². The molecule has 0 atom stereocenters. The number of ether oxygens (including phenoxy) is 1. The largest absolute Gasteiger partial charge is 0.494 e. The second kappa shape index (κ2) is 18.4. The van der Waals surface area contributed by atoms with Gasteiger partial charge in [-0.1, -0.05) is 104 Å². The van der Waals surface area contributed by atoms with Gasteiger partial charge in [0.1, 0.15) is 5.75 Å². The number of hydrogen-bond donors (Lipinski definition) is 0. The Kier molecular flexibility index (Phi) is 14.7. The normalized spacial score (nSPS) is 17.7. The molecule has 1 aliphatic rings. The highest BCUT2D eigenvalue weighted by atomic mass is 16.5. The molecular formula is C34H54N2O. The summed E-state index contributed by atoms with van der Waals surface area (Å²) >= 11 is 0. The van der Waals surface area contributed by atoms with Crippen molar-refractivity contribution in [3.8, 4) is 17.1 Å². The van der Waals surface area contributed by atoms with Gasteiger partial charge in [0.2, 0.25) is 0 Å². The molecule has 0 bridgehead atoms. The van der Waals surface area contributed by atoms with Gasteiger partial charge in [-0.15, -0.1) is 0 Å². The van der Waals surface area contributed by atoms with Crippen LogP contribution in [0, 0.1) is 5.92 Å². The summed E-state index contributed by atoms with van der Waals surface area (Å²) in [7, 11) is 0. The van der Waals surface area contributed by atoms with Gasteiger partial charge in [-0.05, 0) is 73.8 Å².